The number of benzene rings is 1. The monoisotopic (exact) mass is 339 g/mol. The number of nitrogens with zero attached hydrogens (tertiary/aromatic N) is 3. The maximum Gasteiger partial charge on any atom is 0.239 e. The number of nitrogens with one attached hydrogen (secondary N) is 2. The average molecular weight is 339 g/mol. The van der Waals surface area contributed by atoms with Crippen molar-refractivity contribution >= 4 is 22.5 Å². The maximum absolute atomic E-state index is 13.2. The molecule has 0 aliphatic carbocycles. The van der Waals surface area contributed by atoms with Crippen molar-refractivity contribution in [1.29, 1.82) is 0 Å². The van der Waals surface area contributed by atoms with Gasteiger partial charge in [0.2, 0.25) is 5.91 Å². The van der Waals surface area contributed by atoms with Crippen LogP contribution in [-0.4, -0.2) is 51.8 Å². The van der Waals surface area contributed by atoms with E-state index in [0.29, 0.717) is 25.3 Å². The van der Waals surface area contributed by atoms with Gasteiger partial charge in [-0.25, -0.2) is 9.37 Å². The van der Waals surface area contributed by atoms with Crippen LogP contribution < -0.4 is 5.32 Å². The molecule has 0 radical (unpaired) electrons. The Hall–Kier alpha value is -2.80. The summed E-state index contributed by atoms with van der Waals surface area (Å²) in [5.41, 5.74) is 2.04. The molecule has 6 nitrogen and oxygen atoms in total. The van der Waals surface area contributed by atoms with Crippen LogP contribution in [0.4, 0.5) is 10.2 Å². The van der Waals surface area contributed by atoms with E-state index in [1.807, 2.05) is 35.4 Å². The molecule has 1 amide bonds. The molecule has 1 aliphatic heterocycles. The fourth-order valence-corrected chi connectivity index (χ4v) is 3.11. The van der Waals surface area contributed by atoms with Crippen LogP contribution in [0.15, 0.2) is 42.9 Å². The fraction of sp³-hybridized carbons (Fsp3) is 0.278. The van der Waals surface area contributed by atoms with E-state index in [1.165, 1.54) is 0 Å². The number of halogens is 1. The third kappa shape index (κ3) is 3.51. The molecule has 3 heterocycles. The quantitative estimate of drug-likeness (QED) is 0.766. The average Bonchev–Trinajstić information content (AvgIpc) is 3.26. The van der Waals surface area contributed by atoms with Gasteiger partial charge in [0.1, 0.15) is 12.0 Å². The van der Waals surface area contributed by atoms with Crippen molar-refractivity contribution in [2.75, 3.05) is 25.0 Å². The van der Waals surface area contributed by atoms with Gasteiger partial charge in [0, 0.05) is 36.4 Å². The van der Waals surface area contributed by atoms with Gasteiger partial charge in [-0.1, -0.05) is 12.1 Å². The number of carbonyl (C=O) groups is 1. The number of likely N-dealkylation sites (tertiary alicyclic amines) is 1. The van der Waals surface area contributed by atoms with Gasteiger partial charge in [-0.05, 0) is 29.5 Å². The van der Waals surface area contributed by atoms with Crippen molar-refractivity contribution in [2.24, 2.45) is 0 Å². The van der Waals surface area contributed by atoms with Crippen molar-refractivity contribution in [3.63, 3.8) is 0 Å². The molecule has 1 aromatic carbocycles. The predicted octanol–water partition coefficient (Wildman–Crippen LogP) is 2.61. The summed E-state index contributed by atoms with van der Waals surface area (Å²) in [6.45, 7) is 1.13. The Morgan fingerprint density at radius 1 is 1.28 bits per heavy atom. The third-order valence-electron chi connectivity index (χ3n) is 4.40. The second-order valence-corrected chi connectivity index (χ2v) is 6.29. The highest BCUT2D eigenvalue weighted by Gasteiger charge is 2.23. The first-order chi connectivity index (χ1) is 12.2. The summed E-state index contributed by atoms with van der Waals surface area (Å²) in [6, 6.07) is 7.88. The first kappa shape index (κ1) is 15.7. The van der Waals surface area contributed by atoms with E-state index in [4.69, 9.17) is 0 Å². The second kappa shape index (κ2) is 6.60. The van der Waals surface area contributed by atoms with Crippen LogP contribution >= 0.6 is 0 Å². The lowest BCUT2D eigenvalue weighted by molar-refractivity contribution is -0.117. The molecule has 4 rings (SSSR count). The fourth-order valence-electron chi connectivity index (χ4n) is 3.11. The molecule has 0 spiro atoms. The molecule has 1 saturated heterocycles. The Labute approximate surface area is 144 Å². The van der Waals surface area contributed by atoms with Crippen LogP contribution in [0.1, 0.15) is 6.42 Å². The minimum absolute atomic E-state index is 0.174. The van der Waals surface area contributed by atoms with E-state index in [-0.39, 0.29) is 12.5 Å². The van der Waals surface area contributed by atoms with E-state index in [1.54, 1.807) is 12.4 Å². The number of H-pyrrole nitrogens is 1. The Balaban J connectivity index is 1.50. The molecule has 1 atom stereocenters. The highest BCUT2D eigenvalue weighted by Crippen LogP contribution is 2.24. The van der Waals surface area contributed by atoms with Crippen LogP contribution in [0, 0.1) is 0 Å². The van der Waals surface area contributed by atoms with Gasteiger partial charge in [0.15, 0.2) is 0 Å². The zero-order valence-electron chi connectivity index (χ0n) is 13.6. The standard InChI is InChI=1S/C18H18FN5O/c19-16-3-4-24(10-16)11-18(25)23-17-6-14-5-12(15-8-21-22-9-15)1-2-13(14)7-20-17/h1-2,5-9,16H,3-4,10-11H2,(H,21,22)(H,20,23,25)/t16-/m1/s1. The Kier molecular flexibility index (Phi) is 4.15. The number of carbonyl (C=O) groups excluding carboxylic acids is 1. The van der Waals surface area contributed by atoms with Gasteiger partial charge >= 0.3 is 0 Å². The summed E-state index contributed by atoms with van der Waals surface area (Å²) in [7, 11) is 0. The first-order valence-corrected chi connectivity index (χ1v) is 8.22. The van der Waals surface area contributed by atoms with Crippen LogP contribution in [0.5, 0.6) is 0 Å². The van der Waals surface area contributed by atoms with E-state index in [9.17, 15) is 9.18 Å². The molecule has 3 aromatic rings. The molecule has 0 bridgehead atoms. The topological polar surface area (TPSA) is 73.9 Å². The van der Waals surface area contributed by atoms with E-state index >= 15 is 0 Å². The lowest BCUT2D eigenvalue weighted by Gasteiger charge is -2.14. The third-order valence-corrected chi connectivity index (χ3v) is 4.40. The van der Waals surface area contributed by atoms with Crippen LogP contribution in [0.25, 0.3) is 21.9 Å². The molecular formula is C18H18FN5O. The lowest BCUT2D eigenvalue weighted by Crippen LogP contribution is -2.32. The Morgan fingerprint density at radius 2 is 2.20 bits per heavy atom. The molecule has 25 heavy (non-hydrogen) atoms. The van der Waals surface area contributed by atoms with Crippen molar-refractivity contribution in [2.45, 2.75) is 12.6 Å². The number of hydrogen-bond donors (Lipinski definition) is 2. The maximum atomic E-state index is 13.2. The minimum Gasteiger partial charge on any atom is -0.310 e. The smallest absolute Gasteiger partial charge is 0.239 e. The number of anilines is 1. The van der Waals surface area contributed by atoms with E-state index < -0.39 is 6.17 Å². The normalized spacial score (nSPS) is 17.9. The molecule has 1 aliphatic rings. The molecule has 1 fully saturated rings. The molecule has 0 saturated carbocycles. The van der Waals surface area contributed by atoms with E-state index in [0.717, 1.165) is 21.9 Å². The zero-order chi connectivity index (χ0) is 17.2. The zero-order valence-corrected chi connectivity index (χ0v) is 13.6. The first-order valence-electron chi connectivity index (χ1n) is 8.22. The second-order valence-electron chi connectivity index (χ2n) is 6.29. The summed E-state index contributed by atoms with van der Waals surface area (Å²) in [4.78, 5) is 18.2. The highest BCUT2D eigenvalue weighted by atomic mass is 19.1. The van der Waals surface area contributed by atoms with Crippen molar-refractivity contribution < 1.29 is 9.18 Å². The lowest BCUT2D eigenvalue weighted by atomic mass is 10.1. The van der Waals surface area contributed by atoms with Crippen LogP contribution in [0.2, 0.25) is 0 Å². The number of hydrogen-bond acceptors (Lipinski definition) is 4. The minimum atomic E-state index is -0.826. The van der Waals surface area contributed by atoms with Crippen molar-refractivity contribution in [1.82, 2.24) is 20.1 Å². The number of fused-ring (bicyclic) bond motifs is 1. The highest BCUT2D eigenvalue weighted by molar-refractivity contribution is 5.94. The Bertz CT molecular complexity index is 896. The molecule has 0 unspecified atom stereocenters. The number of alkyl halides is 1. The molecule has 128 valence electrons. The molecule has 2 aromatic heterocycles. The van der Waals surface area contributed by atoms with Crippen molar-refractivity contribution in [3.8, 4) is 11.1 Å². The van der Waals surface area contributed by atoms with Gasteiger partial charge in [-0.3, -0.25) is 14.8 Å². The predicted molar refractivity (Wildman–Crippen MR) is 93.9 cm³/mol. The SMILES string of the molecule is O=C(CN1CC[C@@H](F)C1)Nc1cc2cc(-c3cn[nH]c3)ccc2cn1. The van der Waals surface area contributed by atoms with Crippen molar-refractivity contribution in [3.05, 3.63) is 42.9 Å². The summed E-state index contributed by atoms with van der Waals surface area (Å²) in [5.74, 6) is 0.324. The number of pyridine rings is 1. The Morgan fingerprint density at radius 3 is 2.96 bits per heavy atom. The van der Waals surface area contributed by atoms with E-state index in [2.05, 4.69) is 20.5 Å². The summed E-state index contributed by atoms with van der Waals surface area (Å²) < 4.78 is 13.2. The van der Waals surface area contributed by atoms with Gasteiger partial charge in [-0.2, -0.15) is 5.10 Å². The number of amides is 1. The van der Waals surface area contributed by atoms with Gasteiger partial charge in [0.05, 0.1) is 12.7 Å². The largest absolute Gasteiger partial charge is 0.310 e. The van der Waals surface area contributed by atoms with Crippen LogP contribution in [-0.2, 0) is 4.79 Å². The summed E-state index contributed by atoms with van der Waals surface area (Å²) in [6.07, 6.45) is 5.00. The van der Waals surface area contributed by atoms with Gasteiger partial charge in [0.25, 0.3) is 0 Å². The van der Waals surface area contributed by atoms with Crippen LogP contribution in [0.3, 0.4) is 0 Å². The molecular weight excluding hydrogens is 321 g/mol. The number of rotatable bonds is 4. The molecule has 2 N–H and O–H groups in total. The number of aromatic amines is 1. The summed E-state index contributed by atoms with van der Waals surface area (Å²) in [5, 5.41) is 11.5. The van der Waals surface area contributed by atoms with Gasteiger partial charge < -0.3 is 5.32 Å². The van der Waals surface area contributed by atoms with Gasteiger partial charge in [-0.15, -0.1) is 0 Å². The summed E-state index contributed by atoms with van der Waals surface area (Å²) >= 11 is 0. The number of aromatic nitrogens is 3. The molecule has 7 heteroatoms.